The number of methoxy groups -OCH3 is 1. The van der Waals surface area contributed by atoms with Gasteiger partial charge in [-0.25, -0.2) is 4.79 Å². The zero-order valence-electron chi connectivity index (χ0n) is 13.6. The van der Waals surface area contributed by atoms with Crippen LogP contribution in [0.4, 0.5) is 4.79 Å². The van der Waals surface area contributed by atoms with Gasteiger partial charge in [-0.3, -0.25) is 4.79 Å². The van der Waals surface area contributed by atoms with Crippen molar-refractivity contribution in [3.63, 3.8) is 0 Å². The van der Waals surface area contributed by atoms with Gasteiger partial charge >= 0.3 is 6.03 Å². The van der Waals surface area contributed by atoms with Crippen LogP contribution in [0.1, 0.15) is 24.8 Å². The summed E-state index contributed by atoms with van der Waals surface area (Å²) in [6, 6.07) is 7.46. The lowest BCUT2D eigenvalue weighted by Gasteiger charge is -2.33. The fourth-order valence-electron chi connectivity index (χ4n) is 2.96. The second kappa shape index (κ2) is 8.41. The predicted molar refractivity (Wildman–Crippen MR) is 88.2 cm³/mol. The second-order valence-corrected chi connectivity index (χ2v) is 5.95. The summed E-state index contributed by atoms with van der Waals surface area (Å²) in [5.74, 6) is 1.31. The lowest BCUT2D eigenvalue weighted by molar-refractivity contribution is -0.131. The SMILES string of the molecule is COc1ccc(CC[C@H]2CCCN(C(=O)CNC(N)=O)C2)cc1. The minimum Gasteiger partial charge on any atom is -0.497 e. The van der Waals surface area contributed by atoms with Crippen LogP contribution in [-0.2, 0) is 11.2 Å². The Kier molecular flexibility index (Phi) is 6.26. The highest BCUT2D eigenvalue weighted by Crippen LogP contribution is 2.22. The molecule has 0 aliphatic carbocycles. The van der Waals surface area contributed by atoms with Crippen molar-refractivity contribution in [2.75, 3.05) is 26.7 Å². The normalized spacial score (nSPS) is 17.6. The molecule has 0 aromatic heterocycles. The Balaban J connectivity index is 1.78. The summed E-state index contributed by atoms with van der Waals surface area (Å²) in [4.78, 5) is 24.6. The smallest absolute Gasteiger partial charge is 0.312 e. The van der Waals surface area contributed by atoms with E-state index in [4.69, 9.17) is 10.5 Å². The molecule has 0 bridgehead atoms. The van der Waals surface area contributed by atoms with Gasteiger partial charge in [0.15, 0.2) is 0 Å². The first-order chi connectivity index (χ1) is 11.1. The summed E-state index contributed by atoms with van der Waals surface area (Å²) < 4.78 is 5.16. The maximum atomic E-state index is 12.0. The number of likely N-dealkylation sites (tertiary alicyclic amines) is 1. The number of benzene rings is 1. The molecule has 1 aliphatic heterocycles. The van der Waals surface area contributed by atoms with E-state index in [1.807, 2.05) is 17.0 Å². The Morgan fingerprint density at radius 3 is 2.74 bits per heavy atom. The van der Waals surface area contributed by atoms with Gasteiger partial charge in [-0.15, -0.1) is 0 Å². The summed E-state index contributed by atoms with van der Waals surface area (Å²) in [6.07, 6.45) is 4.20. The molecular formula is C17H25N3O3. The van der Waals surface area contributed by atoms with Gasteiger partial charge < -0.3 is 20.7 Å². The van der Waals surface area contributed by atoms with E-state index in [0.717, 1.165) is 44.5 Å². The van der Waals surface area contributed by atoms with Crippen molar-refractivity contribution in [3.8, 4) is 5.75 Å². The lowest BCUT2D eigenvalue weighted by atomic mass is 9.91. The molecule has 0 spiro atoms. The standard InChI is InChI=1S/C17H25N3O3/c1-23-15-8-6-13(7-9-15)4-5-14-3-2-10-20(12-14)16(21)11-19-17(18)22/h6-9,14H,2-5,10-12H2,1H3,(H3,18,19,22)/t14-/m1/s1. The number of rotatable bonds is 6. The highest BCUT2D eigenvalue weighted by molar-refractivity contribution is 5.83. The van der Waals surface area contributed by atoms with Crippen LogP contribution in [0.15, 0.2) is 24.3 Å². The molecule has 1 heterocycles. The number of hydrogen-bond acceptors (Lipinski definition) is 3. The fourth-order valence-corrected chi connectivity index (χ4v) is 2.96. The van der Waals surface area contributed by atoms with E-state index in [1.165, 1.54) is 5.56 Å². The van der Waals surface area contributed by atoms with Gasteiger partial charge in [0.2, 0.25) is 5.91 Å². The highest BCUT2D eigenvalue weighted by atomic mass is 16.5. The number of amides is 3. The topological polar surface area (TPSA) is 84.7 Å². The number of nitrogens with one attached hydrogen (secondary N) is 1. The summed E-state index contributed by atoms with van der Waals surface area (Å²) in [5, 5.41) is 2.36. The quantitative estimate of drug-likeness (QED) is 0.834. The van der Waals surface area contributed by atoms with Crippen molar-refractivity contribution >= 4 is 11.9 Å². The largest absolute Gasteiger partial charge is 0.497 e. The molecule has 1 saturated heterocycles. The highest BCUT2D eigenvalue weighted by Gasteiger charge is 2.23. The van der Waals surface area contributed by atoms with E-state index in [9.17, 15) is 9.59 Å². The number of carbonyl (C=O) groups is 2. The molecule has 3 amide bonds. The Bertz CT molecular complexity index is 530. The molecule has 0 unspecified atom stereocenters. The van der Waals surface area contributed by atoms with Crippen LogP contribution in [0, 0.1) is 5.92 Å². The molecule has 1 fully saturated rings. The molecule has 1 atom stereocenters. The van der Waals surface area contributed by atoms with Gasteiger partial charge in [0.25, 0.3) is 0 Å². The summed E-state index contributed by atoms with van der Waals surface area (Å²) in [5.41, 5.74) is 6.28. The lowest BCUT2D eigenvalue weighted by Crippen LogP contribution is -2.46. The number of piperidine rings is 1. The van der Waals surface area contributed by atoms with Gasteiger partial charge in [0, 0.05) is 13.1 Å². The van der Waals surface area contributed by atoms with Crippen LogP contribution in [0.5, 0.6) is 5.75 Å². The number of primary amides is 1. The van der Waals surface area contributed by atoms with Crippen molar-refractivity contribution < 1.29 is 14.3 Å². The van der Waals surface area contributed by atoms with Crippen molar-refractivity contribution in [3.05, 3.63) is 29.8 Å². The van der Waals surface area contributed by atoms with Gasteiger partial charge in [0.1, 0.15) is 5.75 Å². The third-order valence-corrected chi connectivity index (χ3v) is 4.29. The number of nitrogens with two attached hydrogens (primary N) is 1. The van der Waals surface area contributed by atoms with E-state index in [1.54, 1.807) is 7.11 Å². The zero-order chi connectivity index (χ0) is 16.7. The molecule has 6 nitrogen and oxygen atoms in total. The molecule has 0 saturated carbocycles. The van der Waals surface area contributed by atoms with Crippen molar-refractivity contribution in [2.45, 2.75) is 25.7 Å². The van der Waals surface area contributed by atoms with Crippen LogP contribution in [0.25, 0.3) is 0 Å². The minimum absolute atomic E-state index is 0.0134. The van der Waals surface area contributed by atoms with Gasteiger partial charge in [0.05, 0.1) is 13.7 Å². The first kappa shape index (κ1) is 17.1. The molecule has 126 valence electrons. The Labute approximate surface area is 137 Å². The first-order valence-corrected chi connectivity index (χ1v) is 8.02. The Morgan fingerprint density at radius 1 is 1.35 bits per heavy atom. The molecule has 0 radical (unpaired) electrons. The van der Waals surface area contributed by atoms with Crippen molar-refractivity contribution in [2.24, 2.45) is 11.7 Å². The monoisotopic (exact) mass is 319 g/mol. The average molecular weight is 319 g/mol. The second-order valence-electron chi connectivity index (χ2n) is 5.95. The molecule has 1 aromatic carbocycles. The Morgan fingerprint density at radius 2 is 2.09 bits per heavy atom. The van der Waals surface area contributed by atoms with E-state index in [0.29, 0.717) is 5.92 Å². The first-order valence-electron chi connectivity index (χ1n) is 8.02. The number of hydrogen-bond donors (Lipinski definition) is 2. The molecule has 2 rings (SSSR count). The van der Waals surface area contributed by atoms with Crippen LogP contribution in [0.2, 0.25) is 0 Å². The molecule has 1 aromatic rings. The maximum absolute atomic E-state index is 12.0. The van der Waals surface area contributed by atoms with Gasteiger partial charge in [-0.05, 0) is 49.3 Å². The molecular weight excluding hydrogens is 294 g/mol. The molecule has 3 N–H and O–H groups in total. The molecule has 23 heavy (non-hydrogen) atoms. The molecule has 6 heteroatoms. The number of carbonyl (C=O) groups excluding carboxylic acids is 2. The van der Waals surface area contributed by atoms with Gasteiger partial charge in [-0.1, -0.05) is 12.1 Å². The summed E-state index contributed by atoms with van der Waals surface area (Å²) in [6.45, 7) is 1.51. The van der Waals surface area contributed by atoms with Gasteiger partial charge in [-0.2, -0.15) is 0 Å². The maximum Gasteiger partial charge on any atom is 0.312 e. The van der Waals surface area contributed by atoms with Crippen molar-refractivity contribution in [1.82, 2.24) is 10.2 Å². The van der Waals surface area contributed by atoms with Crippen LogP contribution >= 0.6 is 0 Å². The zero-order valence-corrected chi connectivity index (χ0v) is 13.6. The van der Waals surface area contributed by atoms with Crippen LogP contribution < -0.4 is 15.8 Å². The summed E-state index contributed by atoms with van der Waals surface area (Å²) >= 11 is 0. The van der Waals surface area contributed by atoms with E-state index in [-0.39, 0.29) is 12.5 Å². The number of urea groups is 1. The Hall–Kier alpha value is -2.24. The van der Waals surface area contributed by atoms with Crippen molar-refractivity contribution in [1.29, 1.82) is 0 Å². The predicted octanol–water partition coefficient (Wildman–Crippen LogP) is 1.53. The minimum atomic E-state index is -0.661. The third-order valence-electron chi connectivity index (χ3n) is 4.29. The van der Waals surface area contributed by atoms with Crippen LogP contribution in [-0.4, -0.2) is 43.6 Å². The average Bonchev–Trinajstić information content (AvgIpc) is 2.58. The van der Waals surface area contributed by atoms with E-state index in [2.05, 4.69) is 17.4 Å². The third kappa shape index (κ3) is 5.47. The fraction of sp³-hybridized carbons (Fsp3) is 0.529. The number of nitrogens with zero attached hydrogens (tertiary/aromatic N) is 1. The molecule has 1 aliphatic rings. The number of ether oxygens (including phenoxy) is 1. The van der Waals surface area contributed by atoms with E-state index < -0.39 is 6.03 Å². The van der Waals surface area contributed by atoms with E-state index >= 15 is 0 Å². The number of aryl methyl sites for hydroxylation is 1. The summed E-state index contributed by atoms with van der Waals surface area (Å²) in [7, 11) is 1.66. The van der Waals surface area contributed by atoms with Crippen LogP contribution in [0.3, 0.4) is 0 Å².